The highest BCUT2D eigenvalue weighted by molar-refractivity contribution is 7.07. The van der Waals surface area contributed by atoms with Crippen LogP contribution < -0.4 is 5.73 Å². The van der Waals surface area contributed by atoms with Gasteiger partial charge in [-0.1, -0.05) is 0 Å². The number of hydrogen-bond acceptors (Lipinski definition) is 4. The second-order valence-electron chi connectivity index (χ2n) is 4.20. The zero-order valence-electron chi connectivity index (χ0n) is 9.97. The van der Waals surface area contributed by atoms with Crippen LogP contribution in [-0.4, -0.2) is 23.5 Å². The lowest BCUT2D eigenvalue weighted by Crippen LogP contribution is -2.20. The van der Waals surface area contributed by atoms with Crippen molar-refractivity contribution >= 4 is 17.0 Å². The fourth-order valence-electron chi connectivity index (χ4n) is 1.66. The topological polar surface area (TPSA) is 42.1 Å². The van der Waals surface area contributed by atoms with E-state index in [2.05, 4.69) is 33.8 Å². The average molecular weight is 247 g/mol. The van der Waals surface area contributed by atoms with Gasteiger partial charge in [0.25, 0.3) is 0 Å². The zero-order chi connectivity index (χ0) is 12.1. The zero-order valence-corrected chi connectivity index (χ0v) is 10.8. The Kier molecular flexibility index (Phi) is 4.12. The van der Waals surface area contributed by atoms with Crippen molar-refractivity contribution in [2.75, 3.05) is 19.3 Å². The Bertz CT molecular complexity index is 436. The maximum atomic E-state index is 5.60. The summed E-state index contributed by atoms with van der Waals surface area (Å²) in [6.45, 7) is 2.01. The summed E-state index contributed by atoms with van der Waals surface area (Å²) in [6, 6.07) is 6.07. The van der Waals surface area contributed by atoms with Crippen LogP contribution in [0.4, 0.5) is 5.69 Å². The van der Waals surface area contributed by atoms with Crippen LogP contribution in [0.1, 0.15) is 11.3 Å². The van der Waals surface area contributed by atoms with Gasteiger partial charge in [0.2, 0.25) is 0 Å². The Balaban J connectivity index is 1.79. The van der Waals surface area contributed by atoms with Gasteiger partial charge in [-0.2, -0.15) is 11.3 Å². The first kappa shape index (κ1) is 12.1. The van der Waals surface area contributed by atoms with E-state index in [1.165, 1.54) is 5.56 Å². The van der Waals surface area contributed by atoms with Gasteiger partial charge in [-0.05, 0) is 41.6 Å². The number of nitrogens with two attached hydrogens (primary N) is 1. The molecule has 0 saturated heterocycles. The molecule has 0 bridgehead atoms. The van der Waals surface area contributed by atoms with Crippen LogP contribution in [0.5, 0.6) is 0 Å². The van der Waals surface area contributed by atoms with Crippen molar-refractivity contribution in [3.8, 4) is 0 Å². The van der Waals surface area contributed by atoms with E-state index < -0.39 is 0 Å². The molecular weight excluding hydrogens is 230 g/mol. The van der Waals surface area contributed by atoms with Gasteiger partial charge in [-0.15, -0.1) is 0 Å². The van der Waals surface area contributed by atoms with Crippen molar-refractivity contribution in [2.45, 2.75) is 13.0 Å². The molecular formula is C13H17N3S. The molecule has 90 valence electrons. The lowest BCUT2D eigenvalue weighted by Gasteiger charge is -2.15. The van der Waals surface area contributed by atoms with Gasteiger partial charge in [0.1, 0.15) is 0 Å². The summed E-state index contributed by atoms with van der Waals surface area (Å²) >= 11 is 1.74. The first-order valence-electron chi connectivity index (χ1n) is 5.64. The van der Waals surface area contributed by atoms with E-state index in [9.17, 15) is 0 Å². The molecule has 2 aromatic rings. The molecule has 0 aromatic carbocycles. The van der Waals surface area contributed by atoms with Crippen molar-refractivity contribution in [3.63, 3.8) is 0 Å². The molecule has 2 aromatic heterocycles. The summed E-state index contributed by atoms with van der Waals surface area (Å²) in [6.07, 6.45) is 2.68. The fourth-order valence-corrected chi connectivity index (χ4v) is 2.32. The Labute approximate surface area is 106 Å². The van der Waals surface area contributed by atoms with Crippen LogP contribution in [0.2, 0.25) is 0 Å². The molecule has 0 saturated carbocycles. The number of aromatic nitrogens is 1. The largest absolute Gasteiger partial charge is 0.397 e. The van der Waals surface area contributed by atoms with Crippen LogP contribution in [0.25, 0.3) is 0 Å². The average Bonchev–Trinajstić information content (AvgIpc) is 2.81. The van der Waals surface area contributed by atoms with E-state index in [-0.39, 0.29) is 0 Å². The fraction of sp³-hybridized carbons (Fsp3) is 0.308. The van der Waals surface area contributed by atoms with Gasteiger partial charge in [0.15, 0.2) is 0 Å². The van der Waals surface area contributed by atoms with E-state index in [1.54, 1.807) is 17.5 Å². The number of anilines is 1. The maximum Gasteiger partial charge on any atom is 0.0501 e. The normalized spacial score (nSPS) is 10.9. The van der Waals surface area contributed by atoms with Crippen molar-refractivity contribution < 1.29 is 0 Å². The maximum absolute atomic E-state index is 5.60. The highest BCUT2D eigenvalue weighted by Crippen LogP contribution is 2.09. The van der Waals surface area contributed by atoms with Crippen LogP contribution >= 0.6 is 11.3 Å². The predicted molar refractivity (Wildman–Crippen MR) is 73.0 cm³/mol. The monoisotopic (exact) mass is 247 g/mol. The SMILES string of the molecule is CN(CCc1ccc(N)cn1)Cc1ccsc1. The number of hydrogen-bond donors (Lipinski definition) is 1. The smallest absolute Gasteiger partial charge is 0.0501 e. The quantitative estimate of drug-likeness (QED) is 0.882. The van der Waals surface area contributed by atoms with Crippen molar-refractivity contribution in [3.05, 3.63) is 46.4 Å². The molecule has 0 fully saturated rings. The molecule has 0 spiro atoms. The number of nitrogen functional groups attached to an aromatic ring is 1. The van der Waals surface area contributed by atoms with Gasteiger partial charge in [0.05, 0.1) is 11.9 Å². The van der Waals surface area contributed by atoms with E-state index in [4.69, 9.17) is 5.73 Å². The highest BCUT2D eigenvalue weighted by Gasteiger charge is 2.02. The van der Waals surface area contributed by atoms with E-state index in [0.29, 0.717) is 0 Å². The third kappa shape index (κ3) is 3.84. The standard InChI is InChI=1S/C13H17N3S/c1-16(9-11-5-7-17-10-11)6-4-13-3-2-12(14)8-15-13/h2-3,5,7-8,10H,4,6,9,14H2,1H3. The summed E-state index contributed by atoms with van der Waals surface area (Å²) in [7, 11) is 2.13. The third-order valence-electron chi connectivity index (χ3n) is 2.63. The predicted octanol–water partition coefficient (Wildman–Crippen LogP) is 2.40. The minimum absolute atomic E-state index is 0.723. The highest BCUT2D eigenvalue weighted by atomic mass is 32.1. The molecule has 0 radical (unpaired) electrons. The lowest BCUT2D eigenvalue weighted by atomic mass is 10.2. The van der Waals surface area contributed by atoms with Crippen LogP contribution in [0.15, 0.2) is 35.2 Å². The van der Waals surface area contributed by atoms with E-state index in [0.717, 1.165) is 30.9 Å². The molecule has 2 rings (SSSR count). The van der Waals surface area contributed by atoms with Gasteiger partial charge >= 0.3 is 0 Å². The number of rotatable bonds is 5. The molecule has 3 nitrogen and oxygen atoms in total. The molecule has 0 amide bonds. The molecule has 0 unspecified atom stereocenters. The molecule has 2 heterocycles. The summed E-state index contributed by atoms with van der Waals surface area (Å²) in [5, 5.41) is 4.31. The molecule has 0 aliphatic carbocycles. The molecule has 2 N–H and O–H groups in total. The van der Waals surface area contributed by atoms with E-state index in [1.807, 2.05) is 12.1 Å². The Morgan fingerprint density at radius 3 is 2.88 bits per heavy atom. The Morgan fingerprint density at radius 2 is 2.24 bits per heavy atom. The molecule has 0 aliphatic heterocycles. The van der Waals surface area contributed by atoms with Crippen molar-refractivity contribution in [2.24, 2.45) is 0 Å². The van der Waals surface area contributed by atoms with Crippen molar-refractivity contribution in [1.82, 2.24) is 9.88 Å². The minimum Gasteiger partial charge on any atom is -0.397 e. The number of pyridine rings is 1. The van der Waals surface area contributed by atoms with Gasteiger partial charge in [-0.25, -0.2) is 0 Å². The summed E-state index contributed by atoms with van der Waals surface area (Å²) in [5.74, 6) is 0. The minimum atomic E-state index is 0.723. The summed E-state index contributed by atoms with van der Waals surface area (Å²) in [5.41, 5.74) is 8.80. The van der Waals surface area contributed by atoms with Crippen molar-refractivity contribution in [1.29, 1.82) is 0 Å². The number of nitrogens with zero attached hydrogens (tertiary/aromatic N) is 2. The molecule has 17 heavy (non-hydrogen) atoms. The van der Waals surface area contributed by atoms with Gasteiger partial charge in [-0.3, -0.25) is 4.98 Å². The number of thiophene rings is 1. The first-order valence-corrected chi connectivity index (χ1v) is 6.58. The first-order chi connectivity index (χ1) is 8.24. The second kappa shape index (κ2) is 5.80. The van der Waals surface area contributed by atoms with E-state index >= 15 is 0 Å². The third-order valence-corrected chi connectivity index (χ3v) is 3.36. The van der Waals surface area contributed by atoms with Crippen LogP contribution in [-0.2, 0) is 13.0 Å². The molecule has 0 aliphatic rings. The molecule has 0 atom stereocenters. The Morgan fingerprint density at radius 1 is 1.35 bits per heavy atom. The van der Waals surface area contributed by atoms with Gasteiger partial charge < -0.3 is 10.6 Å². The summed E-state index contributed by atoms with van der Waals surface area (Å²) < 4.78 is 0. The molecule has 4 heteroatoms. The van der Waals surface area contributed by atoms with Gasteiger partial charge in [0, 0.05) is 25.2 Å². The summed E-state index contributed by atoms with van der Waals surface area (Å²) in [4.78, 5) is 6.60. The Hall–Kier alpha value is -1.39. The number of likely N-dealkylation sites (N-methyl/N-ethyl adjacent to an activating group) is 1. The van der Waals surface area contributed by atoms with Crippen LogP contribution in [0.3, 0.4) is 0 Å². The second-order valence-corrected chi connectivity index (χ2v) is 4.98. The van der Waals surface area contributed by atoms with Crippen LogP contribution in [0, 0.1) is 0 Å². The lowest BCUT2D eigenvalue weighted by molar-refractivity contribution is 0.330.